The first-order valence-electron chi connectivity index (χ1n) is 7.32. The quantitative estimate of drug-likeness (QED) is 0.851. The highest BCUT2D eigenvalue weighted by atomic mass is 16.3. The van der Waals surface area contributed by atoms with Gasteiger partial charge in [-0.05, 0) is 18.9 Å². The molecular weight excluding hydrogens is 252 g/mol. The minimum absolute atomic E-state index is 0.0468. The summed E-state index contributed by atoms with van der Waals surface area (Å²) < 4.78 is 0. The molecule has 0 spiro atoms. The van der Waals surface area contributed by atoms with Crippen LogP contribution in [0.15, 0.2) is 24.3 Å². The van der Waals surface area contributed by atoms with Crippen LogP contribution in [0.25, 0.3) is 0 Å². The normalized spacial score (nSPS) is 28.6. The van der Waals surface area contributed by atoms with E-state index in [1.807, 2.05) is 50.1 Å². The number of piperidine rings is 1. The largest absolute Gasteiger partial charge is 0.381 e. The summed E-state index contributed by atoms with van der Waals surface area (Å²) >= 11 is 0. The fourth-order valence-corrected chi connectivity index (χ4v) is 3.67. The zero-order valence-electron chi connectivity index (χ0n) is 12.3. The lowest BCUT2D eigenvalue weighted by molar-refractivity contribution is -0.149. The van der Waals surface area contributed by atoms with Crippen molar-refractivity contribution < 1.29 is 9.90 Å². The fraction of sp³-hybridized carbons (Fsp3) is 0.562. The van der Waals surface area contributed by atoms with Gasteiger partial charge >= 0.3 is 0 Å². The van der Waals surface area contributed by atoms with Crippen LogP contribution in [0.2, 0.25) is 0 Å². The number of para-hydroxylation sites is 1. The van der Waals surface area contributed by atoms with Crippen molar-refractivity contribution in [3.8, 4) is 0 Å². The molecular formula is C16H22N2O2. The molecule has 2 aliphatic heterocycles. The molecule has 0 aliphatic carbocycles. The summed E-state index contributed by atoms with van der Waals surface area (Å²) in [5.41, 5.74) is 1.05. The summed E-state index contributed by atoms with van der Waals surface area (Å²) in [6, 6.07) is 7.93. The highest BCUT2D eigenvalue weighted by Crippen LogP contribution is 2.49. The number of hydrogen-bond donors (Lipinski definition) is 1. The lowest BCUT2D eigenvalue weighted by Crippen LogP contribution is -2.60. The van der Waals surface area contributed by atoms with Gasteiger partial charge < -0.3 is 14.9 Å². The number of amides is 1. The molecule has 2 atom stereocenters. The first-order chi connectivity index (χ1) is 9.47. The van der Waals surface area contributed by atoms with Crippen LogP contribution in [0.1, 0.15) is 32.3 Å². The number of carbonyl (C=O) groups is 1. The number of benzene rings is 1. The van der Waals surface area contributed by atoms with Gasteiger partial charge in [0.1, 0.15) is 11.8 Å². The molecule has 0 radical (unpaired) electrons. The van der Waals surface area contributed by atoms with Gasteiger partial charge in [-0.15, -0.1) is 0 Å². The molecule has 0 bridgehead atoms. The van der Waals surface area contributed by atoms with E-state index in [-0.39, 0.29) is 18.0 Å². The number of nitrogens with zero attached hydrogens (tertiary/aromatic N) is 2. The Morgan fingerprint density at radius 2 is 2.10 bits per heavy atom. The van der Waals surface area contributed by atoms with Crippen LogP contribution in [0.3, 0.4) is 0 Å². The van der Waals surface area contributed by atoms with Gasteiger partial charge in [0.05, 0.1) is 0 Å². The molecule has 1 N–H and O–H groups in total. The van der Waals surface area contributed by atoms with Crippen molar-refractivity contribution in [1.82, 2.24) is 4.90 Å². The molecule has 20 heavy (non-hydrogen) atoms. The van der Waals surface area contributed by atoms with Crippen LogP contribution < -0.4 is 4.90 Å². The summed E-state index contributed by atoms with van der Waals surface area (Å²) in [4.78, 5) is 16.4. The van der Waals surface area contributed by atoms with Crippen molar-refractivity contribution >= 4 is 11.6 Å². The average Bonchev–Trinajstić information content (AvgIpc) is 2.67. The van der Waals surface area contributed by atoms with Gasteiger partial charge in [0, 0.05) is 30.8 Å². The molecule has 108 valence electrons. The van der Waals surface area contributed by atoms with Gasteiger partial charge in [-0.1, -0.05) is 32.0 Å². The van der Waals surface area contributed by atoms with Gasteiger partial charge in [-0.25, -0.2) is 0 Å². The molecule has 2 unspecified atom stereocenters. The smallest absolute Gasteiger partial charge is 0.226 e. The highest BCUT2D eigenvalue weighted by molar-refractivity contribution is 5.80. The number of rotatable bonds is 1. The SMILES string of the molecule is CC(C)C(=O)N1CCCC2(O)c3ccccc3N(C)C12. The molecule has 1 aromatic carbocycles. The van der Waals surface area contributed by atoms with Crippen molar-refractivity contribution in [2.75, 3.05) is 18.5 Å². The highest BCUT2D eigenvalue weighted by Gasteiger charge is 2.54. The van der Waals surface area contributed by atoms with Gasteiger partial charge in [0.25, 0.3) is 0 Å². The Labute approximate surface area is 120 Å². The van der Waals surface area contributed by atoms with Crippen molar-refractivity contribution in [3.63, 3.8) is 0 Å². The minimum atomic E-state index is -0.936. The summed E-state index contributed by atoms with van der Waals surface area (Å²) in [5, 5.41) is 11.2. The molecule has 1 saturated heterocycles. The number of hydrogen-bond acceptors (Lipinski definition) is 3. The number of carbonyl (C=O) groups excluding carboxylic acids is 1. The Balaban J connectivity index is 2.06. The lowest BCUT2D eigenvalue weighted by atomic mass is 9.84. The van der Waals surface area contributed by atoms with Gasteiger partial charge in [-0.2, -0.15) is 0 Å². The average molecular weight is 274 g/mol. The molecule has 1 fully saturated rings. The topological polar surface area (TPSA) is 43.8 Å². The van der Waals surface area contributed by atoms with E-state index in [4.69, 9.17) is 0 Å². The molecule has 0 aromatic heterocycles. The monoisotopic (exact) mass is 274 g/mol. The third-order valence-electron chi connectivity index (χ3n) is 4.57. The molecule has 1 amide bonds. The predicted molar refractivity (Wildman–Crippen MR) is 78.3 cm³/mol. The molecule has 0 saturated carbocycles. The van der Waals surface area contributed by atoms with Crippen molar-refractivity contribution in [2.24, 2.45) is 5.92 Å². The maximum absolute atomic E-state index is 12.5. The van der Waals surface area contributed by atoms with Crippen molar-refractivity contribution in [3.05, 3.63) is 29.8 Å². The molecule has 2 aliphatic rings. The third-order valence-corrected chi connectivity index (χ3v) is 4.57. The Morgan fingerprint density at radius 3 is 2.80 bits per heavy atom. The van der Waals surface area contributed by atoms with E-state index >= 15 is 0 Å². The summed E-state index contributed by atoms with van der Waals surface area (Å²) in [7, 11) is 1.97. The van der Waals surface area contributed by atoms with Gasteiger partial charge in [0.15, 0.2) is 0 Å². The number of likely N-dealkylation sites (N-methyl/N-ethyl adjacent to an activating group) is 1. The second-order valence-electron chi connectivity index (χ2n) is 6.22. The first-order valence-corrected chi connectivity index (χ1v) is 7.32. The standard InChI is InChI=1S/C16H22N2O2/c1-11(2)14(19)18-10-6-9-16(20)12-7-4-5-8-13(12)17(3)15(16)18/h4-5,7-8,11,15,20H,6,9-10H2,1-3H3. The zero-order valence-corrected chi connectivity index (χ0v) is 12.3. The minimum Gasteiger partial charge on any atom is -0.381 e. The fourth-order valence-electron chi connectivity index (χ4n) is 3.67. The van der Waals surface area contributed by atoms with Crippen LogP contribution in [0, 0.1) is 5.92 Å². The van der Waals surface area contributed by atoms with Crippen LogP contribution in [-0.2, 0) is 10.4 Å². The van der Waals surface area contributed by atoms with Crippen LogP contribution >= 0.6 is 0 Å². The number of fused-ring (bicyclic) bond motifs is 3. The van der Waals surface area contributed by atoms with E-state index < -0.39 is 5.60 Å². The Bertz CT molecular complexity index is 543. The van der Waals surface area contributed by atoms with E-state index in [1.54, 1.807) is 0 Å². The van der Waals surface area contributed by atoms with E-state index in [2.05, 4.69) is 4.90 Å². The van der Waals surface area contributed by atoms with E-state index in [0.29, 0.717) is 6.42 Å². The molecule has 2 heterocycles. The molecule has 4 nitrogen and oxygen atoms in total. The molecule has 4 heteroatoms. The summed E-state index contributed by atoms with van der Waals surface area (Å²) in [5.74, 6) is 0.0715. The Morgan fingerprint density at radius 1 is 1.40 bits per heavy atom. The Hall–Kier alpha value is -1.55. The summed E-state index contributed by atoms with van der Waals surface area (Å²) in [6.45, 7) is 4.55. The first kappa shape index (κ1) is 13.4. The van der Waals surface area contributed by atoms with Crippen LogP contribution in [0.4, 0.5) is 5.69 Å². The maximum atomic E-state index is 12.5. The van der Waals surface area contributed by atoms with E-state index in [9.17, 15) is 9.90 Å². The van der Waals surface area contributed by atoms with E-state index in [0.717, 1.165) is 24.2 Å². The van der Waals surface area contributed by atoms with Gasteiger partial charge in [0.2, 0.25) is 5.91 Å². The zero-order chi connectivity index (χ0) is 14.5. The second-order valence-corrected chi connectivity index (χ2v) is 6.22. The predicted octanol–water partition coefficient (Wildman–Crippen LogP) is 1.93. The number of likely N-dealkylation sites (tertiary alicyclic amines) is 1. The van der Waals surface area contributed by atoms with Gasteiger partial charge in [-0.3, -0.25) is 4.79 Å². The molecule has 3 rings (SSSR count). The van der Waals surface area contributed by atoms with E-state index in [1.165, 1.54) is 0 Å². The lowest BCUT2D eigenvalue weighted by Gasteiger charge is -2.46. The number of aliphatic hydroxyl groups is 1. The number of anilines is 1. The second kappa shape index (κ2) is 4.48. The van der Waals surface area contributed by atoms with Crippen molar-refractivity contribution in [1.29, 1.82) is 0 Å². The van der Waals surface area contributed by atoms with Crippen LogP contribution in [0.5, 0.6) is 0 Å². The molecule has 1 aromatic rings. The maximum Gasteiger partial charge on any atom is 0.226 e. The van der Waals surface area contributed by atoms with Crippen LogP contribution in [-0.4, -0.2) is 35.7 Å². The van der Waals surface area contributed by atoms with Crippen molar-refractivity contribution in [2.45, 2.75) is 38.5 Å². The Kier molecular flexibility index (Phi) is 3.01. The summed E-state index contributed by atoms with van der Waals surface area (Å²) in [6.07, 6.45) is 1.28. The third kappa shape index (κ3) is 1.67.